The lowest BCUT2D eigenvalue weighted by Gasteiger charge is -2.26. The summed E-state index contributed by atoms with van der Waals surface area (Å²) < 4.78 is 10.6. The van der Waals surface area contributed by atoms with Crippen molar-refractivity contribution >= 4 is 11.8 Å². The zero-order valence-corrected chi connectivity index (χ0v) is 16.0. The third-order valence-corrected chi connectivity index (χ3v) is 4.65. The average Bonchev–Trinajstić information content (AvgIpc) is 3.11. The van der Waals surface area contributed by atoms with Crippen LogP contribution in [0.1, 0.15) is 33.6 Å². The van der Waals surface area contributed by atoms with Gasteiger partial charge in [-0.15, -0.1) is 0 Å². The number of amides is 2. The quantitative estimate of drug-likeness (QED) is 0.871. The van der Waals surface area contributed by atoms with Crippen LogP contribution in [-0.2, 0) is 9.53 Å². The first-order valence-electron chi connectivity index (χ1n) is 9.14. The van der Waals surface area contributed by atoms with Gasteiger partial charge in [0.15, 0.2) is 11.5 Å². The maximum Gasteiger partial charge on any atom is 0.273 e. The minimum Gasteiger partial charge on any atom is -0.378 e. The fourth-order valence-electron chi connectivity index (χ4n) is 3.41. The Morgan fingerprint density at radius 3 is 2.44 bits per heavy atom. The number of hydrogen-bond donors (Lipinski definition) is 1. The van der Waals surface area contributed by atoms with Gasteiger partial charge in [0.25, 0.3) is 5.91 Å². The molecule has 0 aliphatic carbocycles. The average molecular weight is 371 g/mol. The Labute approximate surface area is 158 Å². The smallest absolute Gasteiger partial charge is 0.273 e. The van der Waals surface area contributed by atoms with E-state index in [2.05, 4.69) is 22.6 Å². The van der Waals surface area contributed by atoms with Crippen LogP contribution >= 0.6 is 0 Å². The molecule has 1 N–H and O–H groups in total. The molecule has 0 bridgehead atoms. The highest BCUT2D eigenvalue weighted by Crippen LogP contribution is 2.28. The minimum atomic E-state index is -0.345. The second-order valence-electron chi connectivity index (χ2n) is 6.85. The Kier molecular flexibility index (Phi) is 5.91. The molecule has 1 saturated heterocycles. The largest absolute Gasteiger partial charge is 0.378 e. The van der Waals surface area contributed by atoms with Crippen molar-refractivity contribution in [1.29, 1.82) is 0 Å². The number of nitrogens with one attached hydrogen (secondary N) is 1. The van der Waals surface area contributed by atoms with E-state index in [9.17, 15) is 9.59 Å². The Morgan fingerprint density at radius 2 is 1.78 bits per heavy atom. The Bertz CT molecular complexity index is 814. The van der Waals surface area contributed by atoms with Crippen LogP contribution in [-0.4, -0.2) is 54.7 Å². The molecule has 2 aromatic rings. The first-order chi connectivity index (χ1) is 13.0. The number of aromatic nitrogens is 1. The SMILES string of the molecule is Cc1cc(C)c(-c2cc(C(=O)NCCC(=O)N3CCOCC3)no2)c(C)c1. The van der Waals surface area contributed by atoms with Crippen molar-refractivity contribution in [3.63, 3.8) is 0 Å². The van der Waals surface area contributed by atoms with Gasteiger partial charge in [-0.2, -0.15) is 0 Å². The van der Waals surface area contributed by atoms with Crippen molar-refractivity contribution in [2.45, 2.75) is 27.2 Å². The van der Waals surface area contributed by atoms with E-state index in [0.29, 0.717) is 32.1 Å². The van der Waals surface area contributed by atoms with Gasteiger partial charge in [0.05, 0.1) is 13.2 Å². The summed E-state index contributed by atoms with van der Waals surface area (Å²) in [5.41, 5.74) is 4.49. The number of benzene rings is 1. The van der Waals surface area contributed by atoms with E-state index in [4.69, 9.17) is 9.26 Å². The number of ether oxygens (including phenoxy) is 1. The molecule has 1 aliphatic heterocycles. The zero-order chi connectivity index (χ0) is 19.4. The van der Waals surface area contributed by atoms with Gasteiger partial charge in [-0.05, 0) is 31.9 Å². The molecule has 1 fully saturated rings. The predicted octanol–water partition coefficient (Wildman–Crippen LogP) is 2.25. The molecule has 1 aromatic carbocycles. The van der Waals surface area contributed by atoms with E-state index in [1.54, 1.807) is 11.0 Å². The molecule has 144 valence electrons. The number of morpholine rings is 1. The highest BCUT2D eigenvalue weighted by molar-refractivity contribution is 5.93. The van der Waals surface area contributed by atoms with Crippen molar-refractivity contribution in [3.05, 3.63) is 40.6 Å². The second kappa shape index (κ2) is 8.35. The monoisotopic (exact) mass is 371 g/mol. The van der Waals surface area contributed by atoms with E-state index in [1.807, 2.05) is 20.8 Å². The molecular weight excluding hydrogens is 346 g/mol. The molecule has 1 aromatic heterocycles. The lowest BCUT2D eigenvalue weighted by molar-refractivity contribution is -0.135. The number of carbonyl (C=O) groups excluding carboxylic acids is 2. The minimum absolute atomic E-state index is 0.0188. The highest BCUT2D eigenvalue weighted by Gasteiger charge is 2.19. The van der Waals surface area contributed by atoms with Gasteiger partial charge in [-0.3, -0.25) is 9.59 Å². The number of aryl methyl sites for hydroxylation is 3. The predicted molar refractivity (Wildman–Crippen MR) is 100 cm³/mol. The van der Waals surface area contributed by atoms with Crippen molar-refractivity contribution < 1.29 is 18.8 Å². The Hall–Kier alpha value is -2.67. The van der Waals surface area contributed by atoms with Gasteiger partial charge < -0.3 is 19.5 Å². The lowest BCUT2D eigenvalue weighted by Crippen LogP contribution is -2.42. The topological polar surface area (TPSA) is 84.7 Å². The molecule has 7 heteroatoms. The summed E-state index contributed by atoms with van der Waals surface area (Å²) in [5.74, 6) is 0.243. The van der Waals surface area contributed by atoms with E-state index >= 15 is 0 Å². The molecule has 0 atom stereocenters. The van der Waals surface area contributed by atoms with Gasteiger partial charge in [0.1, 0.15) is 0 Å². The van der Waals surface area contributed by atoms with Crippen LogP contribution in [0.15, 0.2) is 22.7 Å². The van der Waals surface area contributed by atoms with Crippen LogP contribution in [0.5, 0.6) is 0 Å². The van der Waals surface area contributed by atoms with E-state index < -0.39 is 0 Å². The van der Waals surface area contributed by atoms with Crippen LogP contribution in [0.25, 0.3) is 11.3 Å². The van der Waals surface area contributed by atoms with Crippen LogP contribution in [0, 0.1) is 20.8 Å². The van der Waals surface area contributed by atoms with Gasteiger partial charge in [0, 0.05) is 37.7 Å². The lowest BCUT2D eigenvalue weighted by atomic mass is 9.98. The number of nitrogens with zero attached hydrogens (tertiary/aromatic N) is 2. The fourth-order valence-corrected chi connectivity index (χ4v) is 3.41. The van der Waals surface area contributed by atoms with Crippen molar-refractivity contribution in [2.75, 3.05) is 32.8 Å². The van der Waals surface area contributed by atoms with Gasteiger partial charge >= 0.3 is 0 Å². The third kappa shape index (κ3) is 4.54. The summed E-state index contributed by atoms with van der Waals surface area (Å²) in [4.78, 5) is 26.1. The van der Waals surface area contributed by atoms with Crippen LogP contribution in [0.4, 0.5) is 0 Å². The van der Waals surface area contributed by atoms with E-state index in [-0.39, 0.29) is 30.5 Å². The molecule has 0 spiro atoms. The summed E-state index contributed by atoms with van der Waals surface area (Å²) in [6, 6.07) is 5.79. The maximum absolute atomic E-state index is 12.3. The molecular formula is C20H25N3O4. The molecule has 3 rings (SSSR count). The summed E-state index contributed by atoms with van der Waals surface area (Å²) in [6.45, 7) is 8.67. The normalized spacial score (nSPS) is 14.3. The van der Waals surface area contributed by atoms with Gasteiger partial charge in [-0.25, -0.2) is 0 Å². The van der Waals surface area contributed by atoms with Crippen molar-refractivity contribution in [3.8, 4) is 11.3 Å². The highest BCUT2D eigenvalue weighted by atomic mass is 16.5. The van der Waals surface area contributed by atoms with Crippen LogP contribution in [0.2, 0.25) is 0 Å². The summed E-state index contributed by atoms with van der Waals surface area (Å²) in [7, 11) is 0. The van der Waals surface area contributed by atoms with E-state index in [0.717, 1.165) is 16.7 Å². The summed E-state index contributed by atoms with van der Waals surface area (Å²) >= 11 is 0. The Balaban J connectivity index is 1.58. The van der Waals surface area contributed by atoms with Crippen molar-refractivity contribution in [1.82, 2.24) is 15.4 Å². The molecule has 27 heavy (non-hydrogen) atoms. The molecule has 0 saturated carbocycles. The number of rotatable bonds is 5. The first kappa shape index (κ1) is 19.1. The second-order valence-corrected chi connectivity index (χ2v) is 6.85. The molecule has 1 aliphatic rings. The molecule has 0 radical (unpaired) electrons. The number of carbonyl (C=O) groups is 2. The molecule has 7 nitrogen and oxygen atoms in total. The fraction of sp³-hybridized carbons (Fsp3) is 0.450. The number of hydrogen-bond acceptors (Lipinski definition) is 5. The van der Waals surface area contributed by atoms with Crippen LogP contribution in [0.3, 0.4) is 0 Å². The van der Waals surface area contributed by atoms with Gasteiger partial charge in [0.2, 0.25) is 5.91 Å². The summed E-state index contributed by atoms with van der Waals surface area (Å²) in [5, 5.41) is 6.62. The standard InChI is InChI=1S/C20H25N3O4/c1-13-10-14(2)19(15(3)11-13)17-12-16(22-27-17)20(25)21-5-4-18(24)23-6-8-26-9-7-23/h10-12H,4-9H2,1-3H3,(H,21,25). The van der Waals surface area contributed by atoms with Crippen LogP contribution < -0.4 is 5.32 Å². The van der Waals surface area contributed by atoms with Crippen molar-refractivity contribution in [2.24, 2.45) is 0 Å². The first-order valence-corrected chi connectivity index (χ1v) is 9.14. The molecule has 2 amide bonds. The van der Waals surface area contributed by atoms with Gasteiger partial charge in [-0.1, -0.05) is 22.9 Å². The summed E-state index contributed by atoms with van der Waals surface area (Å²) in [6.07, 6.45) is 0.257. The third-order valence-electron chi connectivity index (χ3n) is 4.65. The zero-order valence-electron chi connectivity index (χ0n) is 16.0. The Morgan fingerprint density at radius 1 is 1.11 bits per heavy atom. The molecule has 2 heterocycles. The molecule has 0 unspecified atom stereocenters. The van der Waals surface area contributed by atoms with E-state index in [1.165, 1.54) is 5.56 Å². The maximum atomic E-state index is 12.3.